The maximum atomic E-state index is 8.95. The van der Waals surface area contributed by atoms with Gasteiger partial charge in [-0.25, -0.2) is 0 Å². The van der Waals surface area contributed by atoms with E-state index in [9.17, 15) is 0 Å². The van der Waals surface area contributed by atoms with Crippen LogP contribution in [0, 0.1) is 35.5 Å². The molecule has 0 aliphatic heterocycles. The van der Waals surface area contributed by atoms with E-state index >= 15 is 0 Å². The van der Waals surface area contributed by atoms with Gasteiger partial charge in [0.2, 0.25) is 0 Å². The van der Waals surface area contributed by atoms with Crippen LogP contribution in [0.5, 0.6) is 0 Å². The number of hydrogen-bond donors (Lipinski definition) is 3. The van der Waals surface area contributed by atoms with E-state index < -0.39 is 0 Å². The fraction of sp³-hybridized carbons (Fsp3) is 0.667. The molecule has 1 rings (SSSR count). The normalized spacial score (nSPS) is 26.1. The molecule has 1 fully saturated rings. The lowest BCUT2D eigenvalue weighted by atomic mass is 10.1. The molecule has 0 saturated heterocycles. The zero-order valence-electron chi connectivity index (χ0n) is 8.95. The minimum absolute atomic E-state index is 0.243. The first-order valence-corrected chi connectivity index (χ1v) is 5.27. The van der Waals surface area contributed by atoms with E-state index in [0.29, 0.717) is 11.8 Å². The third-order valence-electron chi connectivity index (χ3n) is 2.62. The number of hydroxylamine groups is 1. The molecule has 1 aliphatic rings. The number of hydrogen-bond acceptors (Lipinski definition) is 3. The maximum absolute atomic E-state index is 8.95. The Labute approximate surface area is 90.8 Å². The van der Waals surface area contributed by atoms with Crippen molar-refractivity contribution in [3.63, 3.8) is 0 Å². The molecule has 3 N–H and O–H groups in total. The number of nitrogens with one attached hydrogen (secondary N) is 1. The lowest BCUT2D eigenvalue weighted by molar-refractivity contribution is 0.152. The van der Waals surface area contributed by atoms with E-state index in [2.05, 4.69) is 23.7 Å². The van der Waals surface area contributed by atoms with Crippen LogP contribution in [0.3, 0.4) is 0 Å². The second kappa shape index (κ2) is 6.48. The highest BCUT2D eigenvalue weighted by atomic mass is 16.5. The monoisotopic (exact) mass is 207 g/mol. The predicted octanol–water partition coefficient (Wildman–Crippen LogP) is 0.769. The SMILES string of the molecule is CC(C#CC#CC1CCC(CO)C1)NO. The molecule has 0 spiro atoms. The van der Waals surface area contributed by atoms with E-state index in [0.717, 1.165) is 19.3 Å². The molecule has 82 valence electrons. The predicted molar refractivity (Wildman–Crippen MR) is 57.9 cm³/mol. The molecule has 3 heteroatoms. The first-order valence-electron chi connectivity index (χ1n) is 5.27. The zero-order valence-corrected chi connectivity index (χ0v) is 8.95. The average Bonchev–Trinajstić information content (AvgIpc) is 2.72. The highest BCUT2D eigenvalue weighted by Gasteiger charge is 2.22. The largest absolute Gasteiger partial charge is 0.396 e. The Morgan fingerprint density at radius 3 is 2.80 bits per heavy atom. The van der Waals surface area contributed by atoms with Crippen molar-refractivity contribution >= 4 is 0 Å². The molecular formula is C12H17NO2. The molecule has 3 nitrogen and oxygen atoms in total. The summed E-state index contributed by atoms with van der Waals surface area (Å²) in [5.74, 6) is 12.1. The molecular weight excluding hydrogens is 190 g/mol. The van der Waals surface area contributed by atoms with Crippen molar-refractivity contribution in [2.24, 2.45) is 11.8 Å². The first-order chi connectivity index (χ1) is 7.26. The molecule has 1 saturated carbocycles. The van der Waals surface area contributed by atoms with Crippen LogP contribution in [0.2, 0.25) is 0 Å². The zero-order chi connectivity index (χ0) is 11.1. The van der Waals surface area contributed by atoms with Gasteiger partial charge in [-0.3, -0.25) is 0 Å². The summed E-state index contributed by atoms with van der Waals surface area (Å²) >= 11 is 0. The molecule has 0 amide bonds. The summed E-state index contributed by atoms with van der Waals surface area (Å²) in [6, 6.07) is -0.243. The van der Waals surface area contributed by atoms with E-state index in [1.165, 1.54) is 0 Å². The number of rotatable bonds is 2. The highest BCUT2D eigenvalue weighted by molar-refractivity contribution is 5.28. The van der Waals surface area contributed by atoms with Gasteiger partial charge in [0, 0.05) is 12.5 Å². The van der Waals surface area contributed by atoms with Crippen LogP contribution in [-0.4, -0.2) is 23.0 Å². The lowest BCUT2D eigenvalue weighted by Gasteiger charge is -2.01. The van der Waals surface area contributed by atoms with Crippen LogP contribution >= 0.6 is 0 Å². The molecule has 0 aromatic heterocycles. The summed E-state index contributed by atoms with van der Waals surface area (Å²) in [7, 11) is 0. The van der Waals surface area contributed by atoms with Crippen LogP contribution in [0.25, 0.3) is 0 Å². The Kier molecular flexibility index (Phi) is 5.21. The number of aliphatic hydroxyl groups excluding tert-OH is 1. The summed E-state index contributed by atoms with van der Waals surface area (Å²) < 4.78 is 0. The fourth-order valence-corrected chi connectivity index (χ4v) is 1.69. The van der Waals surface area contributed by atoms with Crippen molar-refractivity contribution in [3.05, 3.63) is 0 Å². The van der Waals surface area contributed by atoms with Crippen LogP contribution in [0.4, 0.5) is 0 Å². The standard InChI is InChI=1S/C12H17NO2/c1-10(13-15)4-2-3-5-11-6-7-12(8-11)9-14/h10-15H,6-9H2,1H3. The van der Waals surface area contributed by atoms with Crippen molar-refractivity contribution in [1.29, 1.82) is 0 Å². The van der Waals surface area contributed by atoms with Gasteiger partial charge < -0.3 is 10.3 Å². The van der Waals surface area contributed by atoms with Gasteiger partial charge in [-0.05, 0) is 43.9 Å². The average molecular weight is 207 g/mol. The van der Waals surface area contributed by atoms with Gasteiger partial charge in [0.05, 0.1) is 6.04 Å². The minimum atomic E-state index is -0.243. The van der Waals surface area contributed by atoms with E-state index in [1.807, 2.05) is 5.48 Å². The van der Waals surface area contributed by atoms with E-state index in [4.69, 9.17) is 10.3 Å². The third kappa shape index (κ3) is 4.36. The quantitative estimate of drug-likeness (QED) is 0.463. The Hall–Kier alpha value is -1.00. The molecule has 0 heterocycles. The fourth-order valence-electron chi connectivity index (χ4n) is 1.69. The molecule has 0 aromatic rings. The Bertz CT molecular complexity index is 305. The Morgan fingerprint density at radius 2 is 2.20 bits per heavy atom. The number of aliphatic hydroxyl groups is 1. The summed E-state index contributed by atoms with van der Waals surface area (Å²) in [6.45, 7) is 2.03. The van der Waals surface area contributed by atoms with Crippen LogP contribution in [0.15, 0.2) is 0 Å². The lowest BCUT2D eigenvalue weighted by Crippen LogP contribution is -2.19. The van der Waals surface area contributed by atoms with Gasteiger partial charge in [-0.1, -0.05) is 11.8 Å². The highest BCUT2D eigenvalue weighted by Crippen LogP contribution is 2.29. The molecule has 15 heavy (non-hydrogen) atoms. The van der Waals surface area contributed by atoms with Crippen LogP contribution < -0.4 is 5.48 Å². The maximum Gasteiger partial charge on any atom is 0.0908 e. The minimum Gasteiger partial charge on any atom is -0.396 e. The summed E-state index contributed by atoms with van der Waals surface area (Å²) in [6.07, 6.45) is 3.12. The van der Waals surface area contributed by atoms with Gasteiger partial charge in [0.25, 0.3) is 0 Å². The van der Waals surface area contributed by atoms with Gasteiger partial charge in [0.15, 0.2) is 0 Å². The summed E-state index contributed by atoms with van der Waals surface area (Å²) in [5.41, 5.74) is 2.04. The second-order valence-corrected chi connectivity index (χ2v) is 3.95. The van der Waals surface area contributed by atoms with Gasteiger partial charge in [-0.15, -0.1) is 0 Å². The van der Waals surface area contributed by atoms with E-state index in [1.54, 1.807) is 6.92 Å². The molecule has 3 unspecified atom stereocenters. The molecule has 3 atom stereocenters. The molecule has 0 aromatic carbocycles. The Morgan fingerprint density at radius 1 is 1.40 bits per heavy atom. The van der Waals surface area contributed by atoms with Crippen LogP contribution in [0.1, 0.15) is 26.2 Å². The molecule has 0 bridgehead atoms. The summed E-state index contributed by atoms with van der Waals surface area (Å²) in [5, 5.41) is 17.4. The van der Waals surface area contributed by atoms with E-state index in [-0.39, 0.29) is 12.6 Å². The van der Waals surface area contributed by atoms with Crippen molar-refractivity contribution < 1.29 is 10.3 Å². The Balaban J connectivity index is 2.35. The van der Waals surface area contributed by atoms with Crippen molar-refractivity contribution in [3.8, 4) is 23.7 Å². The van der Waals surface area contributed by atoms with Gasteiger partial charge in [-0.2, -0.15) is 5.48 Å². The van der Waals surface area contributed by atoms with Crippen molar-refractivity contribution in [2.45, 2.75) is 32.2 Å². The second-order valence-electron chi connectivity index (χ2n) is 3.95. The smallest absolute Gasteiger partial charge is 0.0908 e. The van der Waals surface area contributed by atoms with Crippen LogP contribution in [-0.2, 0) is 0 Å². The summed E-state index contributed by atoms with van der Waals surface area (Å²) in [4.78, 5) is 0. The third-order valence-corrected chi connectivity index (χ3v) is 2.62. The van der Waals surface area contributed by atoms with Crippen molar-refractivity contribution in [2.75, 3.05) is 6.61 Å². The van der Waals surface area contributed by atoms with Gasteiger partial charge in [0.1, 0.15) is 0 Å². The first kappa shape index (κ1) is 12.1. The van der Waals surface area contributed by atoms with Crippen molar-refractivity contribution in [1.82, 2.24) is 5.48 Å². The topological polar surface area (TPSA) is 52.5 Å². The van der Waals surface area contributed by atoms with Gasteiger partial charge >= 0.3 is 0 Å². The molecule has 1 aliphatic carbocycles. The molecule has 0 radical (unpaired) electrons.